The number of anilines is 3. The van der Waals surface area contributed by atoms with E-state index in [1.54, 1.807) is 11.1 Å². The Hall–Kier alpha value is -3.71. The number of carbonyl (C=O) groups is 1. The molecule has 0 aliphatic carbocycles. The third kappa shape index (κ3) is 3.14. The Bertz CT molecular complexity index is 1270. The van der Waals surface area contributed by atoms with Gasteiger partial charge in [-0.25, -0.2) is 4.98 Å². The zero-order valence-corrected chi connectivity index (χ0v) is 16.9. The molecule has 6 rings (SSSR count). The van der Waals surface area contributed by atoms with E-state index in [1.807, 2.05) is 30.5 Å². The van der Waals surface area contributed by atoms with Crippen LogP contribution in [0.25, 0.3) is 22.2 Å². The number of H-pyrrole nitrogens is 1. The number of aromatic amines is 1. The van der Waals surface area contributed by atoms with Gasteiger partial charge in [-0.05, 0) is 36.4 Å². The predicted molar refractivity (Wildman–Crippen MR) is 120 cm³/mol. The maximum atomic E-state index is 12.8. The van der Waals surface area contributed by atoms with Gasteiger partial charge >= 0.3 is 0 Å². The van der Waals surface area contributed by atoms with Gasteiger partial charge in [-0.3, -0.25) is 14.7 Å². The Kier molecular flexibility index (Phi) is 4.21. The first-order chi connectivity index (χ1) is 15.3. The molecule has 7 nitrogen and oxygen atoms in total. The number of carbonyl (C=O) groups excluding carboxylic acids is 1. The van der Waals surface area contributed by atoms with Crippen LogP contribution in [-0.4, -0.2) is 47.2 Å². The van der Waals surface area contributed by atoms with E-state index in [0.29, 0.717) is 11.5 Å². The third-order valence-corrected chi connectivity index (χ3v) is 5.94. The molecule has 0 spiro atoms. The molecule has 2 aliphatic heterocycles. The van der Waals surface area contributed by atoms with Crippen LogP contribution in [0.15, 0.2) is 60.9 Å². The van der Waals surface area contributed by atoms with Gasteiger partial charge in [0.05, 0.1) is 42.9 Å². The lowest BCUT2D eigenvalue weighted by atomic mass is 10.1. The number of hydrogen-bond acceptors (Lipinski definition) is 5. The van der Waals surface area contributed by atoms with Crippen molar-refractivity contribution >= 4 is 34.0 Å². The van der Waals surface area contributed by atoms with Crippen molar-refractivity contribution in [3.63, 3.8) is 0 Å². The number of nitrogens with one attached hydrogen (secondary N) is 1. The molecule has 2 aromatic carbocycles. The Balaban J connectivity index is 1.34. The lowest BCUT2D eigenvalue weighted by Gasteiger charge is -2.28. The quantitative estimate of drug-likeness (QED) is 0.557. The highest BCUT2D eigenvalue weighted by atomic mass is 16.5. The van der Waals surface area contributed by atoms with Crippen molar-refractivity contribution in [3.8, 4) is 11.3 Å². The van der Waals surface area contributed by atoms with Crippen molar-refractivity contribution in [1.82, 2.24) is 15.0 Å². The number of fused-ring (bicyclic) bond motifs is 2. The van der Waals surface area contributed by atoms with Gasteiger partial charge in [0.2, 0.25) is 5.91 Å². The number of aromatic nitrogens is 3. The minimum absolute atomic E-state index is 0.00954. The highest BCUT2D eigenvalue weighted by Crippen LogP contribution is 2.35. The van der Waals surface area contributed by atoms with E-state index in [2.05, 4.69) is 39.1 Å². The van der Waals surface area contributed by atoms with Crippen LogP contribution in [0.1, 0.15) is 5.69 Å². The molecule has 1 fully saturated rings. The molecule has 2 aliphatic rings. The summed E-state index contributed by atoms with van der Waals surface area (Å²) < 4.78 is 5.44. The van der Waals surface area contributed by atoms with E-state index in [4.69, 9.17) is 9.72 Å². The second-order valence-corrected chi connectivity index (χ2v) is 7.83. The van der Waals surface area contributed by atoms with Gasteiger partial charge in [-0.2, -0.15) is 0 Å². The summed E-state index contributed by atoms with van der Waals surface area (Å²) in [5.41, 5.74) is 5.48. The molecule has 4 aromatic rings. The number of benzene rings is 2. The summed E-state index contributed by atoms with van der Waals surface area (Å²) in [6, 6.07) is 16.3. The number of hydrogen-bond donors (Lipinski definition) is 1. The molecule has 1 amide bonds. The average Bonchev–Trinajstić information content (AvgIpc) is 3.42. The fraction of sp³-hybridized carbons (Fsp3) is 0.208. The maximum Gasteiger partial charge on any atom is 0.238 e. The van der Waals surface area contributed by atoms with Gasteiger partial charge in [0.1, 0.15) is 0 Å². The molecule has 7 heteroatoms. The summed E-state index contributed by atoms with van der Waals surface area (Å²) in [6.45, 7) is 3.33. The molecule has 31 heavy (non-hydrogen) atoms. The Morgan fingerprint density at radius 3 is 2.61 bits per heavy atom. The molecule has 1 N–H and O–H groups in total. The summed E-state index contributed by atoms with van der Waals surface area (Å²) in [4.78, 5) is 29.4. The van der Waals surface area contributed by atoms with Crippen molar-refractivity contribution in [2.45, 2.75) is 6.42 Å². The molecular weight excluding hydrogens is 390 g/mol. The average molecular weight is 411 g/mol. The second kappa shape index (κ2) is 7.21. The number of rotatable bonds is 3. The molecule has 4 heterocycles. The predicted octanol–water partition coefficient (Wildman–Crippen LogP) is 3.68. The number of ether oxygens (including phenoxy) is 1. The fourth-order valence-electron chi connectivity index (χ4n) is 4.30. The van der Waals surface area contributed by atoms with E-state index in [9.17, 15) is 4.79 Å². The van der Waals surface area contributed by atoms with E-state index >= 15 is 0 Å². The fourth-order valence-corrected chi connectivity index (χ4v) is 4.30. The molecule has 154 valence electrons. The van der Waals surface area contributed by atoms with Crippen LogP contribution >= 0.6 is 0 Å². The SMILES string of the molecule is O=C1Cc2ncc(-c3ccc(N4CCOCC4)cc3)nc2N1c1ccc2[nH]ccc2c1. The van der Waals surface area contributed by atoms with Crippen molar-refractivity contribution in [3.05, 3.63) is 66.6 Å². The van der Waals surface area contributed by atoms with Gasteiger partial charge in [-0.1, -0.05) is 12.1 Å². The van der Waals surface area contributed by atoms with Crippen LogP contribution in [-0.2, 0) is 16.0 Å². The molecule has 0 bridgehead atoms. The Morgan fingerprint density at radius 2 is 1.77 bits per heavy atom. The van der Waals surface area contributed by atoms with Crippen LogP contribution in [0, 0.1) is 0 Å². The highest BCUT2D eigenvalue weighted by molar-refractivity contribution is 6.07. The van der Waals surface area contributed by atoms with Crippen LogP contribution in [0.5, 0.6) is 0 Å². The van der Waals surface area contributed by atoms with Gasteiger partial charge < -0.3 is 14.6 Å². The Labute approximate surface area is 179 Å². The van der Waals surface area contributed by atoms with Gasteiger partial charge in [0.25, 0.3) is 0 Å². The molecule has 1 saturated heterocycles. The first kappa shape index (κ1) is 18.1. The summed E-state index contributed by atoms with van der Waals surface area (Å²) in [6.07, 6.45) is 3.92. The van der Waals surface area contributed by atoms with E-state index in [1.165, 1.54) is 5.69 Å². The lowest BCUT2D eigenvalue weighted by molar-refractivity contribution is -0.116. The van der Waals surface area contributed by atoms with Gasteiger partial charge in [0, 0.05) is 41.4 Å². The van der Waals surface area contributed by atoms with Gasteiger partial charge in [0.15, 0.2) is 5.82 Å². The normalized spacial score (nSPS) is 16.2. The molecular formula is C24H21N5O2. The zero-order valence-electron chi connectivity index (χ0n) is 16.9. The topological polar surface area (TPSA) is 74.4 Å². The van der Waals surface area contributed by atoms with Crippen molar-refractivity contribution in [2.75, 3.05) is 36.1 Å². The minimum atomic E-state index is -0.00954. The zero-order chi connectivity index (χ0) is 20.8. The van der Waals surface area contributed by atoms with Gasteiger partial charge in [-0.15, -0.1) is 0 Å². The van der Waals surface area contributed by atoms with E-state index in [-0.39, 0.29) is 12.3 Å². The van der Waals surface area contributed by atoms with Crippen LogP contribution in [0.4, 0.5) is 17.2 Å². The monoisotopic (exact) mass is 411 g/mol. The van der Waals surface area contributed by atoms with E-state index < -0.39 is 0 Å². The summed E-state index contributed by atoms with van der Waals surface area (Å²) in [5, 5.41) is 1.06. The number of nitrogens with zero attached hydrogens (tertiary/aromatic N) is 4. The molecule has 2 aromatic heterocycles. The Morgan fingerprint density at radius 1 is 0.968 bits per heavy atom. The minimum Gasteiger partial charge on any atom is -0.378 e. The van der Waals surface area contributed by atoms with Crippen molar-refractivity contribution < 1.29 is 9.53 Å². The van der Waals surface area contributed by atoms with Crippen LogP contribution in [0.2, 0.25) is 0 Å². The molecule has 0 saturated carbocycles. The van der Waals surface area contributed by atoms with Crippen LogP contribution < -0.4 is 9.80 Å². The summed E-state index contributed by atoms with van der Waals surface area (Å²) in [5.74, 6) is 0.611. The van der Waals surface area contributed by atoms with Crippen molar-refractivity contribution in [2.24, 2.45) is 0 Å². The second-order valence-electron chi connectivity index (χ2n) is 7.83. The van der Waals surface area contributed by atoms with E-state index in [0.717, 1.165) is 54.2 Å². The lowest BCUT2D eigenvalue weighted by Crippen LogP contribution is -2.36. The number of amides is 1. The molecule has 0 atom stereocenters. The third-order valence-electron chi connectivity index (χ3n) is 5.94. The summed E-state index contributed by atoms with van der Waals surface area (Å²) >= 11 is 0. The largest absolute Gasteiger partial charge is 0.378 e. The first-order valence-electron chi connectivity index (χ1n) is 10.5. The van der Waals surface area contributed by atoms with Crippen molar-refractivity contribution in [1.29, 1.82) is 0 Å². The first-order valence-corrected chi connectivity index (χ1v) is 10.5. The maximum absolute atomic E-state index is 12.8. The molecule has 0 unspecified atom stereocenters. The number of morpholine rings is 1. The smallest absolute Gasteiger partial charge is 0.238 e. The molecule has 0 radical (unpaired) electrons. The van der Waals surface area contributed by atoms with Crippen LogP contribution in [0.3, 0.4) is 0 Å². The standard InChI is InChI=1S/C24H21N5O2/c30-23-14-21-24(29(23)19-5-6-20-17(13-19)7-8-25-20)27-22(15-26-21)16-1-3-18(4-2-16)28-9-11-31-12-10-28/h1-8,13,15,25H,9-12,14H2. The highest BCUT2D eigenvalue weighted by Gasteiger charge is 2.32. The summed E-state index contributed by atoms with van der Waals surface area (Å²) in [7, 11) is 0.